The van der Waals surface area contributed by atoms with Crippen molar-refractivity contribution in [2.24, 2.45) is 0 Å². The Balaban J connectivity index is 1.69. The Morgan fingerprint density at radius 1 is 1.00 bits per heavy atom. The lowest BCUT2D eigenvalue weighted by atomic mass is 9.98. The van der Waals surface area contributed by atoms with Crippen LogP contribution in [0.3, 0.4) is 0 Å². The van der Waals surface area contributed by atoms with Gasteiger partial charge in [-0.15, -0.1) is 0 Å². The summed E-state index contributed by atoms with van der Waals surface area (Å²) in [4.78, 5) is 9.62. The van der Waals surface area contributed by atoms with Crippen LogP contribution in [0.15, 0.2) is 42.6 Å². The van der Waals surface area contributed by atoms with E-state index in [1.54, 1.807) is 0 Å². The van der Waals surface area contributed by atoms with Gasteiger partial charge in [0, 0.05) is 18.7 Å². The highest BCUT2D eigenvalue weighted by Gasteiger charge is 2.34. The molecule has 2 aliphatic rings. The molecular weight excluding hydrogens is 282 g/mol. The van der Waals surface area contributed by atoms with Gasteiger partial charge in [0.25, 0.3) is 0 Å². The second kappa shape index (κ2) is 4.87. The highest BCUT2D eigenvalue weighted by molar-refractivity contribution is 5.80. The summed E-state index contributed by atoms with van der Waals surface area (Å²) in [6.45, 7) is 4.32. The predicted octanol–water partition coefficient (Wildman–Crippen LogP) is 3.78. The van der Waals surface area contributed by atoms with Crippen molar-refractivity contribution in [2.45, 2.75) is 25.2 Å². The molecule has 0 spiro atoms. The number of aryl methyl sites for hydroxylation is 1. The largest absolute Gasteiger partial charge is 0.316 e. The summed E-state index contributed by atoms with van der Waals surface area (Å²) in [6, 6.07) is 12.9. The molecule has 2 bridgehead atoms. The Bertz CT molecular complexity index is 916. The highest BCUT2D eigenvalue weighted by atomic mass is 14.9. The molecule has 5 rings (SSSR count). The monoisotopic (exact) mass is 301 g/mol. The van der Waals surface area contributed by atoms with Crippen molar-refractivity contribution < 1.29 is 0 Å². The normalized spacial score (nSPS) is 22.3. The molecule has 1 N–H and O–H groups in total. The first kappa shape index (κ1) is 13.2. The third-order valence-corrected chi connectivity index (χ3v) is 5.40. The van der Waals surface area contributed by atoms with Crippen molar-refractivity contribution in [3.05, 3.63) is 59.3 Å². The SMILES string of the molecule is Cc1ccccc1-c1cnc2cc3c(cc2n1)C1CNCC3C1. The number of nitrogens with zero attached hydrogens (tertiary/aromatic N) is 2. The van der Waals surface area contributed by atoms with E-state index in [1.807, 2.05) is 6.20 Å². The molecule has 1 fully saturated rings. The molecule has 3 nitrogen and oxygen atoms in total. The molecule has 1 aliphatic heterocycles. The molecule has 0 saturated carbocycles. The van der Waals surface area contributed by atoms with Gasteiger partial charge in [-0.05, 0) is 54.0 Å². The minimum absolute atomic E-state index is 0.650. The van der Waals surface area contributed by atoms with E-state index >= 15 is 0 Å². The first-order valence-electron chi connectivity index (χ1n) is 8.37. The van der Waals surface area contributed by atoms with Crippen LogP contribution in [0.5, 0.6) is 0 Å². The molecule has 2 aromatic carbocycles. The van der Waals surface area contributed by atoms with Crippen LogP contribution in [-0.2, 0) is 0 Å². The van der Waals surface area contributed by atoms with Crippen LogP contribution in [0, 0.1) is 6.92 Å². The maximum Gasteiger partial charge on any atom is 0.0897 e. The van der Waals surface area contributed by atoms with Gasteiger partial charge in [-0.1, -0.05) is 24.3 Å². The van der Waals surface area contributed by atoms with Crippen LogP contribution in [0.1, 0.15) is 34.9 Å². The van der Waals surface area contributed by atoms with Gasteiger partial charge in [0.1, 0.15) is 0 Å². The molecule has 1 saturated heterocycles. The van der Waals surface area contributed by atoms with Gasteiger partial charge >= 0.3 is 0 Å². The fourth-order valence-electron chi connectivity index (χ4n) is 4.20. The van der Waals surface area contributed by atoms with Gasteiger partial charge in [0.05, 0.1) is 22.9 Å². The zero-order chi connectivity index (χ0) is 15.4. The summed E-state index contributed by atoms with van der Waals surface area (Å²) >= 11 is 0. The van der Waals surface area contributed by atoms with Gasteiger partial charge in [-0.2, -0.15) is 0 Å². The summed E-state index contributed by atoms with van der Waals surface area (Å²) in [5, 5.41) is 3.55. The lowest BCUT2D eigenvalue weighted by Gasteiger charge is -2.19. The molecular formula is C20H19N3. The molecule has 1 aliphatic carbocycles. The van der Waals surface area contributed by atoms with Gasteiger partial charge in [0.15, 0.2) is 0 Å². The topological polar surface area (TPSA) is 37.8 Å². The molecule has 1 aromatic heterocycles. The zero-order valence-corrected chi connectivity index (χ0v) is 13.2. The van der Waals surface area contributed by atoms with Crippen molar-refractivity contribution in [3.8, 4) is 11.3 Å². The van der Waals surface area contributed by atoms with Crippen LogP contribution in [0.25, 0.3) is 22.3 Å². The minimum Gasteiger partial charge on any atom is -0.316 e. The number of aromatic nitrogens is 2. The lowest BCUT2D eigenvalue weighted by Crippen LogP contribution is -2.28. The molecule has 0 radical (unpaired) electrons. The van der Waals surface area contributed by atoms with Crippen molar-refractivity contribution >= 4 is 11.0 Å². The molecule has 0 amide bonds. The van der Waals surface area contributed by atoms with E-state index in [0.29, 0.717) is 11.8 Å². The smallest absolute Gasteiger partial charge is 0.0897 e. The number of benzene rings is 2. The van der Waals surface area contributed by atoms with E-state index in [9.17, 15) is 0 Å². The van der Waals surface area contributed by atoms with Gasteiger partial charge < -0.3 is 5.32 Å². The highest BCUT2D eigenvalue weighted by Crippen LogP contribution is 2.44. The quantitative estimate of drug-likeness (QED) is 0.743. The van der Waals surface area contributed by atoms with Crippen molar-refractivity contribution in [3.63, 3.8) is 0 Å². The Labute approximate surface area is 135 Å². The average Bonchev–Trinajstić information content (AvgIpc) is 2.83. The van der Waals surface area contributed by atoms with E-state index < -0.39 is 0 Å². The van der Waals surface area contributed by atoms with E-state index in [2.05, 4.69) is 48.6 Å². The first-order chi connectivity index (χ1) is 11.3. The van der Waals surface area contributed by atoms with E-state index in [1.165, 1.54) is 28.7 Å². The van der Waals surface area contributed by atoms with Crippen LogP contribution >= 0.6 is 0 Å². The number of nitrogens with one attached hydrogen (secondary N) is 1. The van der Waals surface area contributed by atoms with E-state index in [-0.39, 0.29) is 0 Å². The van der Waals surface area contributed by atoms with Crippen LogP contribution in [0.4, 0.5) is 0 Å². The summed E-state index contributed by atoms with van der Waals surface area (Å²) < 4.78 is 0. The van der Waals surface area contributed by atoms with Crippen molar-refractivity contribution in [2.75, 3.05) is 13.1 Å². The summed E-state index contributed by atoms with van der Waals surface area (Å²) in [7, 11) is 0. The summed E-state index contributed by atoms with van der Waals surface area (Å²) in [6.07, 6.45) is 3.19. The van der Waals surface area contributed by atoms with E-state index in [4.69, 9.17) is 9.97 Å². The third kappa shape index (κ3) is 2.00. The first-order valence-corrected chi connectivity index (χ1v) is 8.37. The molecule has 3 aromatic rings. The van der Waals surface area contributed by atoms with Gasteiger partial charge in [-0.3, -0.25) is 4.98 Å². The summed E-state index contributed by atoms with van der Waals surface area (Å²) in [5.41, 5.74) is 8.40. The minimum atomic E-state index is 0.650. The molecule has 114 valence electrons. The fourth-order valence-corrected chi connectivity index (χ4v) is 4.20. The Hall–Kier alpha value is -2.26. The predicted molar refractivity (Wildman–Crippen MR) is 92.7 cm³/mol. The molecule has 2 unspecified atom stereocenters. The Morgan fingerprint density at radius 3 is 2.52 bits per heavy atom. The van der Waals surface area contributed by atoms with Crippen LogP contribution < -0.4 is 5.32 Å². The Morgan fingerprint density at radius 2 is 1.74 bits per heavy atom. The van der Waals surface area contributed by atoms with Gasteiger partial charge in [0.2, 0.25) is 0 Å². The molecule has 23 heavy (non-hydrogen) atoms. The fraction of sp³-hybridized carbons (Fsp3) is 0.300. The number of rotatable bonds is 1. The molecule has 2 heterocycles. The van der Waals surface area contributed by atoms with Crippen molar-refractivity contribution in [1.82, 2.24) is 15.3 Å². The molecule has 3 heteroatoms. The van der Waals surface area contributed by atoms with E-state index in [0.717, 1.165) is 29.8 Å². The van der Waals surface area contributed by atoms with Crippen molar-refractivity contribution in [1.29, 1.82) is 0 Å². The van der Waals surface area contributed by atoms with Crippen LogP contribution in [0.2, 0.25) is 0 Å². The van der Waals surface area contributed by atoms with Gasteiger partial charge in [-0.25, -0.2) is 4.98 Å². The standard InChI is InChI=1S/C20H19N3/c1-12-4-2-3-5-15(12)20-11-22-18-7-16-13-6-14(10-21-9-13)17(16)8-19(18)23-20/h2-5,7-8,11,13-14,21H,6,9-10H2,1H3. The number of fused-ring (bicyclic) bond motifs is 6. The zero-order valence-electron chi connectivity index (χ0n) is 13.2. The number of piperidine rings is 1. The summed E-state index contributed by atoms with van der Waals surface area (Å²) in [5.74, 6) is 1.31. The Kier molecular flexibility index (Phi) is 2.79. The average molecular weight is 301 g/mol. The maximum atomic E-state index is 4.92. The van der Waals surface area contributed by atoms with Crippen LogP contribution in [-0.4, -0.2) is 23.1 Å². The molecule has 2 atom stereocenters. The maximum absolute atomic E-state index is 4.92. The number of hydrogen-bond donors (Lipinski definition) is 1. The number of hydrogen-bond acceptors (Lipinski definition) is 3. The lowest BCUT2D eigenvalue weighted by molar-refractivity contribution is 0.454. The third-order valence-electron chi connectivity index (χ3n) is 5.40. The second-order valence-electron chi connectivity index (χ2n) is 6.83. The second-order valence-corrected chi connectivity index (χ2v) is 6.83.